The molecular formula is C7H12Cl3NO. The first-order valence-corrected chi connectivity index (χ1v) is 4.61. The Hall–Kier alpha value is 0.340. The monoisotopic (exact) mass is 231 g/mol. The summed E-state index contributed by atoms with van der Waals surface area (Å²) in [6.07, 6.45) is -0.116. The summed E-state index contributed by atoms with van der Waals surface area (Å²) in [5, 5.41) is 2.68. The lowest BCUT2D eigenvalue weighted by Gasteiger charge is -2.21. The Labute approximate surface area is 87.6 Å². The molecule has 0 fully saturated rings. The highest BCUT2D eigenvalue weighted by atomic mass is 35.6. The minimum atomic E-state index is -1.50. The predicted molar refractivity (Wildman–Crippen MR) is 52.8 cm³/mol. The number of nitrogens with one attached hydrogen (secondary N) is 1. The SMILES string of the molecule is CC(C)(C)NC(=O)CC(Cl)(Cl)Cl. The predicted octanol–water partition coefficient (Wildman–Crippen LogP) is 2.66. The molecule has 0 aromatic heterocycles. The van der Waals surface area contributed by atoms with Crippen LogP contribution in [0.2, 0.25) is 0 Å². The zero-order valence-electron chi connectivity index (χ0n) is 7.25. The van der Waals surface area contributed by atoms with Gasteiger partial charge in [-0.05, 0) is 20.8 Å². The number of halogens is 3. The van der Waals surface area contributed by atoms with Crippen LogP contribution in [0.25, 0.3) is 0 Å². The number of amides is 1. The van der Waals surface area contributed by atoms with Gasteiger partial charge in [-0.1, -0.05) is 34.8 Å². The van der Waals surface area contributed by atoms with E-state index in [2.05, 4.69) is 5.32 Å². The molecular weight excluding hydrogens is 220 g/mol. The average molecular weight is 233 g/mol. The van der Waals surface area contributed by atoms with Crippen molar-refractivity contribution in [1.29, 1.82) is 0 Å². The highest BCUT2D eigenvalue weighted by Gasteiger charge is 2.25. The van der Waals surface area contributed by atoms with E-state index in [0.717, 1.165) is 0 Å². The molecule has 12 heavy (non-hydrogen) atoms. The van der Waals surface area contributed by atoms with Crippen molar-refractivity contribution in [2.45, 2.75) is 36.5 Å². The third kappa shape index (κ3) is 8.44. The second kappa shape index (κ2) is 4.03. The number of hydrogen-bond acceptors (Lipinski definition) is 1. The van der Waals surface area contributed by atoms with Crippen LogP contribution in [0, 0.1) is 0 Å². The summed E-state index contributed by atoms with van der Waals surface area (Å²) in [6.45, 7) is 5.59. The molecule has 0 saturated carbocycles. The Balaban J connectivity index is 3.92. The maximum atomic E-state index is 11.1. The summed E-state index contributed by atoms with van der Waals surface area (Å²) in [6, 6.07) is 0. The fourth-order valence-corrected chi connectivity index (χ4v) is 1.01. The summed E-state index contributed by atoms with van der Waals surface area (Å²) in [5.41, 5.74) is -0.285. The van der Waals surface area contributed by atoms with E-state index in [0.29, 0.717) is 0 Å². The lowest BCUT2D eigenvalue weighted by atomic mass is 10.1. The molecule has 0 bridgehead atoms. The van der Waals surface area contributed by atoms with Crippen molar-refractivity contribution in [1.82, 2.24) is 5.32 Å². The van der Waals surface area contributed by atoms with E-state index in [9.17, 15) is 4.79 Å². The van der Waals surface area contributed by atoms with Gasteiger partial charge < -0.3 is 5.32 Å². The molecule has 0 rings (SSSR count). The molecule has 2 nitrogen and oxygen atoms in total. The summed E-state index contributed by atoms with van der Waals surface area (Å²) >= 11 is 16.3. The average Bonchev–Trinajstić information content (AvgIpc) is 1.49. The van der Waals surface area contributed by atoms with Gasteiger partial charge in [0.25, 0.3) is 0 Å². The van der Waals surface area contributed by atoms with Gasteiger partial charge in [-0.15, -0.1) is 0 Å². The molecule has 72 valence electrons. The van der Waals surface area contributed by atoms with Gasteiger partial charge >= 0.3 is 0 Å². The molecule has 1 N–H and O–H groups in total. The molecule has 1 amide bonds. The van der Waals surface area contributed by atoms with Gasteiger partial charge in [0.1, 0.15) is 0 Å². The summed E-state index contributed by atoms with van der Waals surface area (Å²) in [5.74, 6) is -0.262. The van der Waals surface area contributed by atoms with Crippen molar-refractivity contribution in [2.75, 3.05) is 0 Å². The van der Waals surface area contributed by atoms with E-state index in [1.807, 2.05) is 20.8 Å². The molecule has 0 atom stereocenters. The van der Waals surface area contributed by atoms with Gasteiger partial charge in [0.05, 0.1) is 6.42 Å². The first-order valence-electron chi connectivity index (χ1n) is 3.48. The van der Waals surface area contributed by atoms with E-state index in [1.54, 1.807) is 0 Å². The Bertz CT molecular complexity index is 150. The van der Waals surface area contributed by atoms with Crippen LogP contribution in [0.4, 0.5) is 0 Å². The molecule has 0 aliphatic heterocycles. The molecule has 0 aliphatic carbocycles. The Morgan fingerprint density at radius 1 is 1.25 bits per heavy atom. The first kappa shape index (κ1) is 12.3. The standard InChI is InChI=1S/C7H12Cl3NO/c1-6(2,3)11-5(12)4-7(8,9)10/h4H2,1-3H3,(H,11,12). The quantitative estimate of drug-likeness (QED) is 0.692. The van der Waals surface area contributed by atoms with Gasteiger partial charge in [-0.2, -0.15) is 0 Å². The van der Waals surface area contributed by atoms with Crippen molar-refractivity contribution < 1.29 is 4.79 Å². The van der Waals surface area contributed by atoms with Crippen LogP contribution in [0.3, 0.4) is 0 Å². The second-order valence-corrected chi connectivity index (χ2v) is 6.11. The van der Waals surface area contributed by atoms with Gasteiger partial charge in [0, 0.05) is 5.54 Å². The molecule has 0 unspecified atom stereocenters. The van der Waals surface area contributed by atoms with E-state index in [1.165, 1.54) is 0 Å². The first-order chi connectivity index (χ1) is 5.10. The molecule has 0 aliphatic rings. The zero-order valence-corrected chi connectivity index (χ0v) is 9.52. The fraction of sp³-hybridized carbons (Fsp3) is 0.857. The molecule has 5 heteroatoms. The summed E-state index contributed by atoms with van der Waals surface area (Å²) in [4.78, 5) is 11.1. The molecule has 0 heterocycles. The van der Waals surface area contributed by atoms with Gasteiger partial charge in [-0.25, -0.2) is 0 Å². The van der Waals surface area contributed by atoms with E-state index < -0.39 is 3.79 Å². The van der Waals surface area contributed by atoms with Crippen LogP contribution in [-0.4, -0.2) is 15.2 Å². The topological polar surface area (TPSA) is 29.1 Å². The Morgan fingerprint density at radius 2 is 1.67 bits per heavy atom. The normalized spacial score (nSPS) is 12.8. The fourth-order valence-electron chi connectivity index (χ4n) is 0.645. The Kier molecular flexibility index (Phi) is 4.15. The van der Waals surface area contributed by atoms with Crippen molar-refractivity contribution in [3.8, 4) is 0 Å². The largest absolute Gasteiger partial charge is 0.351 e. The van der Waals surface area contributed by atoms with Gasteiger partial charge in [-0.3, -0.25) is 4.79 Å². The molecule has 0 spiro atoms. The lowest BCUT2D eigenvalue weighted by molar-refractivity contribution is -0.122. The maximum absolute atomic E-state index is 11.1. The van der Waals surface area contributed by atoms with E-state index >= 15 is 0 Å². The third-order valence-electron chi connectivity index (χ3n) is 0.875. The lowest BCUT2D eigenvalue weighted by Crippen LogP contribution is -2.41. The molecule has 0 radical (unpaired) electrons. The number of hydrogen-bond donors (Lipinski definition) is 1. The van der Waals surface area contributed by atoms with Crippen LogP contribution in [-0.2, 0) is 4.79 Å². The highest BCUT2D eigenvalue weighted by Crippen LogP contribution is 2.29. The van der Waals surface area contributed by atoms with Crippen LogP contribution in [0.15, 0.2) is 0 Å². The highest BCUT2D eigenvalue weighted by molar-refractivity contribution is 6.68. The summed E-state index contributed by atoms with van der Waals surface area (Å²) in [7, 11) is 0. The van der Waals surface area contributed by atoms with Crippen LogP contribution < -0.4 is 5.32 Å². The van der Waals surface area contributed by atoms with Crippen molar-refractivity contribution >= 4 is 40.7 Å². The molecule has 0 saturated heterocycles. The number of carbonyl (C=O) groups excluding carboxylic acids is 1. The molecule has 0 aromatic carbocycles. The van der Waals surface area contributed by atoms with Crippen molar-refractivity contribution in [3.63, 3.8) is 0 Å². The van der Waals surface area contributed by atoms with E-state index in [-0.39, 0.29) is 17.9 Å². The smallest absolute Gasteiger partial charge is 0.224 e. The van der Waals surface area contributed by atoms with Gasteiger partial charge in [0.15, 0.2) is 3.79 Å². The van der Waals surface area contributed by atoms with Crippen molar-refractivity contribution in [3.05, 3.63) is 0 Å². The van der Waals surface area contributed by atoms with Crippen LogP contribution >= 0.6 is 34.8 Å². The number of carbonyl (C=O) groups is 1. The summed E-state index contributed by atoms with van der Waals surface area (Å²) < 4.78 is -1.50. The second-order valence-electron chi connectivity index (χ2n) is 3.59. The minimum absolute atomic E-state index is 0.116. The zero-order chi connectivity index (χ0) is 9.99. The van der Waals surface area contributed by atoms with Crippen molar-refractivity contribution in [2.24, 2.45) is 0 Å². The number of rotatable bonds is 1. The maximum Gasteiger partial charge on any atom is 0.224 e. The van der Waals surface area contributed by atoms with Crippen LogP contribution in [0.1, 0.15) is 27.2 Å². The van der Waals surface area contributed by atoms with Gasteiger partial charge in [0.2, 0.25) is 5.91 Å². The third-order valence-corrected chi connectivity index (χ3v) is 1.28. The van der Waals surface area contributed by atoms with Crippen LogP contribution in [0.5, 0.6) is 0 Å². The number of alkyl halides is 3. The Morgan fingerprint density at radius 3 is 1.92 bits per heavy atom. The minimum Gasteiger partial charge on any atom is -0.351 e. The molecule has 0 aromatic rings. The van der Waals surface area contributed by atoms with E-state index in [4.69, 9.17) is 34.8 Å².